The van der Waals surface area contributed by atoms with Gasteiger partial charge in [-0.05, 0) is 18.2 Å². The van der Waals surface area contributed by atoms with Crippen LogP contribution in [0.5, 0.6) is 0 Å². The maximum Gasteiger partial charge on any atom is 0.353 e. The standard InChI is InChI=1S/C12H7N3O5/c16-10-6-3-5(11(17)18)1-2-7(6)13-9-4-8(12(19)20)14-15(9)10/h1-4,14H,(H,17,18)(H,19,20). The largest absolute Gasteiger partial charge is 0.478 e. The van der Waals surface area contributed by atoms with E-state index in [9.17, 15) is 14.4 Å². The molecule has 0 fully saturated rings. The molecule has 3 aromatic rings. The number of fused-ring (bicyclic) bond motifs is 2. The predicted molar refractivity (Wildman–Crippen MR) is 67.2 cm³/mol. The van der Waals surface area contributed by atoms with Gasteiger partial charge in [0.1, 0.15) is 5.69 Å². The van der Waals surface area contributed by atoms with E-state index in [0.29, 0.717) is 5.52 Å². The van der Waals surface area contributed by atoms with Crippen LogP contribution in [-0.4, -0.2) is 36.7 Å². The molecule has 0 aliphatic carbocycles. The molecule has 2 aromatic heterocycles. The monoisotopic (exact) mass is 273 g/mol. The minimum absolute atomic E-state index is 0.0404. The second-order valence-corrected chi connectivity index (χ2v) is 4.12. The minimum Gasteiger partial charge on any atom is -0.478 e. The van der Waals surface area contributed by atoms with E-state index in [1.165, 1.54) is 24.3 Å². The van der Waals surface area contributed by atoms with Crippen molar-refractivity contribution in [2.45, 2.75) is 0 Å². The van der Waals surface area contributed by atoms with Crippen molar-refractivity contribution in [3.8, 4) is 0 Å². The zero-order valence-electron chi connectivity index (χ0n) is 9.82. The molecule has 0 bridgehead atoms. The molecule has 8 nitrogen and oxygen atoms in total. The summed E-state index contributed by atoms with van der Waals surface area (Å²) in [4.78, 5) is 38.1. The van der Waals surface area contributed by atoms with Gasteiger partial charge in [-0.3, -0.25) is 9.89 Å². The average molecular weight is 273 g/mol. The van der Waals surface area contributed by atoms with Crippen molar-refractivity contribution in [1.29, 1.82) is 0 Å². The van der Waals surface area contributed by atoms with Gasteiger partial charge in [-0.15, -0.1) is 0 Å². The Kier molecular flexibility index (Phi) is 2.33. The van der Waals surface area contributed by atoms with E-state index in [0.717, 1.165) is 4.52 Å². The summed E-state index contributed by atoms with van der Waals surface area (Å²) in [5, 5.41) is 20.3. The van der Waals surface area contributed by atoms with Gasteiger partial charge >= 0.3 is 11.9 Å². The van der Waals surface area contributed by atoms with Crippen molar-refractivity contribution >= 4 is 28.5 Å². The summed E-state index contributed by atoms with van der Waals surface area (Å²) in [6.45, 7) is 0. The zero-order chi connectivity index (χ0) is 14.4. The van der Waals surface area contributed by atoms with Crippen molar-refractivity contribution in [2.24, 2.45) is 0 Å². The quantitative estimate of drug-likeness (QED) is 0.627. The second kappa shape index (κ2) is 3.92. The summed E-state index contributed by atoms with van der Waals surface area (Å²) in [5.74, 6) is -2.38. The summed E-state index contributed by atoms with van der Waals surface area (Å²) in [7, 11) is 0. The predicted octanol–water partition coefficient (Wildman–Crippen LogP) is 0.572. The first-order valence-electron chi connectivity index (χ1n) is 5.49. The van der Waals surface area contributed by atoms with Gasteiger partial charge in [0, 0.05) is 6.07 Å². The van der Waals surface area contributed by atoms with E-state index >= 15 is 0 Å². The molecule has 2 heterocycles. The van der Waals surface area contributed by atoms with Crippen molar-refractivity contribution in [3.63, 3.8) is 0 Å². The first kappa shape index (κ1) is 11.9. The van der Waals surface area contributed by atoms with E-state index in [1.807, 2.05) is 0 Å². The number of aromatic carboxylic acids is 2. The van der Waals surface area contributed by atoms with Gasteiger partial charge in [-0.25, -0.2) is 19.1 Å². The molecule has 100 valence electrons. The normalized spacial score (nSPS) is 11.0. The fraction of sp³-hybridized carbons (Fsp3) is 0. The molecule has 0 radical (unpaired) electrons. The SMILES string of the molecule is O=C(O)c1ccc2nc3cc(C(=O)O)[nH]n3c(=O)c2c1. The maximum absolute atomic E-state index is 12.2. The topological polar surface area (TPSA) is 125 Å². The Morgan fingerprint density at radius 3 is 2.55 bits per heavy atom. The van der Waals surface area contributed by atoms with Gasteiger partial charge in [0.25, 0.3) is 5.56 Å². The Balaban J connectivity index is 2.41. The Hall–Kier alpha value is -3.16. The van der Waals surface area contributed by atoms with Crippen LogP contribution >= 0.6 is 0 Å². The highest BCUT2D eigenvalue weighted by molar-refractivity contribution is 5.93. The lowest BCUT2D eigenvalue weighted by molar-refractivity contribution is 0.0682. The van der Waals surface area contributed by atoms with Crippen LogP contribution in [0.1, 0.15) is 20.8 Å². The number of hydrogen-bond donors (Lipinski definition) is 3. The van der Waals surface area contributed by atoms with Crippen LogP contribution < -0.4 is 5.56 Å². The Morgan fingerprint density at radius 1 is 1.15 bits per heavy atom. The van der Waals surface area contributed by atoms with E-state index in [1.54, 1.807) is 0 Å². The van der Waals surface area contributed by atoms with E-state index in [-0.39, 0.29) is 22.3 Å². The Morgan fingerprint density at radius 2 is 1.90 bits per heavy atom. The lowest BCUT2D eigenvalue weighted by atomic mass is 10.1. The highest BCUT2D eigenvalue weighted by Crippen LogP contribution is 2.13. The van der Waals surface area contributed by atoms with Crippen LogP contribution in [0.15, 0.2) is 29.1 Å². The van der Waals surface area contributed by atoms with Crippen molar-refractivity contribution in [1.82, 2.24) is 14.6 Å². The summed E-state index contributed by atoms with van der Waals surface area (Å²) in [6.07, 6.45) is 0. The van der Waals surface area contributed by atoms with E-state index in [2.05, 4.69) is 10.1 Å². The highest BCUT2D eigenvalue weighted by atomic mass is 16.4. The molecule has 1 aromatic carbocycles. The van der Waals surface area contributed by atoms with Crippen molar-refractivity contribution in [2.75, 3.05) is 0 Å². The lowest BCUT2D eigenvalue weighted by Crippen LogP contribution is -2.16. The zero-order valence-corrected chi connectivity index (χ0v) is 9.82. The molecule has 0 amide bonds. The van der Waals surface area contributed by atoms with Gasteiger partial charge in [0.15, 0.2) is 5.65 Å². The molecule has 0 spiro atoms. The van der Waals surface area contributed by atoms with Crippen LogP contribution in [0.2, 0.25) is 0 Å². The first-order chi connectivity index (χ1) is 9.47. The average Bonchev–Trinajstić information content (AvgIpc) is 2.83. The smallest absolute Gasteiger partial charge is 0.353 e. The highest BCUT2D eigenvalue weighted by Gasteiger charge is 2.13. The molecule has 0 unspecified atom stereocenters. The fourth-order valence-electron chi connectivity index (χ4n) is 1.93. The van der Waals surface area contributed by atoms with E-state index in [4.69, 9.17) is 10.2 Å². The van der Waals surface area contributed by atoms with Crippen molar-refractivity contribution in [3.05, 3.63) is 45.9 Å². The molecule has 0 atom stereocenters. The third-order valence-electron chi connectivity index (χ3n) is 2.88. The van der Waals surface area contributed by atoms with Gasteiger partial charge in [-0.2, -0.15) is 0 Å². The lowest BCUT2D eigenvalue weighted by Gasteiger charge is -2.00. The molecule has 20 heavy (non-hydrogen) atoms. The molecule has 8 heteroatoms. The van der Waals surface area contributed by atoms with Crippen LogP contribution in [0.25, 0.3) is 16.6 Å². The number of hydrogen-bond acceptors (Lipinski definition) is 4. The molecular weight excluding hydrogens is 266 g/mol. The number of carboxylic acid groups (broad SMARTS) is 2. The second-order valence-electron chi connectivity index (χ2n) is 4.12. The maximum atomic E-state index is 12.2. The fourth-order valence-corrected chi connectivity index (χ4v) is 1.93. The third-order valence-corrected chi connectivity index (χ3v) is 2.88. The molecule has 0 aliphatic rings. The van der Waals surface area contributed by atoms with Gasteiger partial charge in [-0.1, -0.05) is 0 Å². The molecular formula is C12H7N3O5. The number of benzene rings is 1. The number of aromatic amines is 1. The summed E-state index contributed by atoms with van der Waals surface area (Å²) in [5.41, 5.74) is -0.316. The van der Waals surface area contributed by atoms with Gasteiger partial charge < -0.3 is 10.2 Å². The Bertz CT molecular complexity index is 925. The number of aromatic nitrogens is 3. The molecule has 0 saturated carbocycles. The molecule has 0 aliphatic heterocycles. The minimum atomic E-state index is -1.22. The van der Waals surface area contributed by atoms with Gasteiger partial charge in [0.2, 0.25) is 0 Å². The Labute approximate surface area is 109 Å². The third kappa shape index (κ3) is 1.62. The van der Waals surface area contributed by atoms with Crippen molar-refractivity contribution < 1.29 is 19.8 Å². The van der Waals surface area contributed by atoms with Crippen LogP contribution in [0.3, 0.4) is 0 Å². The number of carboxylic acids is 2. The number of rotatable bonds is 2. The first-order valence-corrected chi connectivity index (χ1v) is 5.49. The van der Waals surface area contributed by atoms with Gasteiger partial charge in [0.05, 0.1) is 16.5 Å². The molecule has 3 rings (SSSR count). The molecule has 0 saturated heterocycles. The summed E-state index contributed by atoms with van der Waals surface area (Å²) in [6, 6.07) is 5.18. The number of nitrogens with one attached hydrogen (secondary N) is 1. The molecule has 3 N–H and O–H groups in total. The number of H-pyrrole nitrogens is 1. The van der Waals surface area contributed by atoms with E-state index < -0.39 is 17.5 Å². The summed E-state index contributed by atoms with van der Waals surface area (Å²) >= 11 is 0. The number of carbonyl (C=O) groups is 2. The van der Waals surface area contributed by atoms with Crippen LogP contribution in [0.4, 0.5) is 0 Å². The van der Waals surface area contributed by atoms with Crippen LogP contribution in [0, 0.1) is 0 Å². The summed E-state index contributed by atoms with van der Waals surface area (Å²) < 4.78 is 0.970. The number of nitrogens with zero attached hydrogens (tertiary/aromatic N) is 2. The van der Waals surface area contributed by atoms with Crippen LogP contribution in [-0.2, 0) is 0 Å².